The zero-order valence-corrected chi connectivity index (χ0v) is 14.5. The van der Waals surface area contributed by atoms with Gasteiger partial charge in [-0.2, -0.15) is 0 Å². The molecule has 0 aromatic heterocycles. The SMILES string of the molecule is CCOc1ccc(C)cc1C(Br)c1ccc(C)c(OC)c1. The van der Waals surface area contributed by atoms with Crippen molar-refractivity contribution in [3.63, 3.8) is 0 Å². The van der Waals surface area contributed by atoms with Gasteiger partial charge in [-0.1, -0.05) is 45.8 Å². The summed E-state index contributed by atoms with van der Waals surface area (Å²) in [6, 6.07) is 12.6. The van der Waals surface area contributed by atoms with Crippen LogP contribution in [0.4, 0.5) is 0 Å². The number of hydrogen-bond acceptors (Lipinski definition) is 2. The van der Waals surface area contributed by atoms with Crippen molar-refractivity contribution in [1.82, 2.24) is 0 Å². The zero-order chi connectivity index (χ0) is 15.4. The van der Waals surface area contributed by atoms with Gasteiger partial charge in [-0.05, 0) is 44.0 Å². The molecule has 1 atom stereocenters. The minimum atomic E-state index is 0.0773. The Hall–Kier alpha value is -1.48. The first-order chi connectivity index (χ1) is 10.1. The van der Waals surface area contributed by atoms with E-state index in [1.165, 1.54) is 5.56 Å². The first-order valence-electron chi connectivity index (χ1n) is 7.08. The van der Waals surface area contributed by atoms with Gasteiger partial charge in [-0.3, -0.25) is 0 Å². The molecule has 0 N–H and O–H groups in total. The van der Waals surface area contributed by atoms with E-state index in [1.807, 2.05) is 19.9 Å². The maximum absolute atomic E-state index is 5.75. The van der Waals surface area contributed by atoms with Crippen LogP contribution in [-0.4, -0.2) is 13.7 Å². The second kappa shape index (κ2) is 6.99. The Bertz CT molecular complexity index is 623. The molecule has 2 aromatic rings. The lowest BCUT2D eigenvalue weighted by molar-refractivity contribution is 0.337. The molecule has 0 radical (unpaired) electrons. The van der Waals surface area contributed by atoms with Crippen molar-refractivity contribution < 1.29 is 9.47 Å². The molecule has 0 spiro atoms. The van der Waals surface area contributed by atoms with Crippen molar-refractivity contribution in [2.24, 2.45) is 0 Å². The molecule has 0 aliphatic carbocycles. The normalized spacial score (nSPS) is 12.0. The Morgan fingerprint density at radius 1 is 1.05 bits per heavy atom. The topological polar surface area (TPSA) is 18.5 Å². The van der Waals surface area contributed by atoms with Crippen LogP contribution >= 0.6 is 15.9 Å². The Morgan fingerprint density at radius 2 is 1.81 bits per heavy atom. The van der Waals surface area contributed by atoms with E-state index in [4.69, 9.17) is 9.47 Å². The predicted molar refractivity (Wildman–Crippen MR) is 90.8 cm³/mol. The van der Waals surface area contributed by atoms with Gasteiger partial charge in [0.05, 0.1) is 18.5 Å². The van der Waals surface area contributed by atoms with E-state index in [0.29, 0.717) is 6.61 Å². The lowest BCUT2D eigenvalue weighted by atomic mass is 10.0. The standard InChI is InChI=1S/C18H21BrO2/c1-5-21-16-9-6-12(2)10-15(16)18(19)14-8-7-13(3)17(11-14)20-4/h6-11,18H,5H2,1-4H3. The Kier molecular flexibility index (Phi) is 5.29. The molecule has 0 saturated carbocycles. The summed E-state index contributed by atoms with van der Waals surface area (Å²) in [5.41, 5.74) is 4.65. The predicted octanol–water partition coefficient (Wildman–Crippen LogP) is 5.20. The number of halogens is 1. The second-order valence-corrected chi connectivity index (χ2v) is 5.98. The molecule has 3 heteroatoms. The van der Waals surface area contributed by atoms with E-state index in [0.717, 1.165) is 28.2 Å². The third-order valence-corrected chi connectivity index (χ3v) is 4.48. The molecule has 2 nitrogen and oxygen atoms in total. The van der Waals surface area contributed by atoms with Crippen LogP contribution < -0.4 is 9.47 Å². The quantitative estimate of drug-likeness (QED) is 0.691. The van der Waals surface area contributed by atoms with Crippen molar-refractivity contribution in [1.29, 1.82) is 0 Å². The smallest absolute Gasteiger partial charge is 0.123 e. The van der Waals surface area contributed by atoms with Gasteiger partial charge in [0.25, 0.3) is 0 Å². The number of benzene rings is 2. The van der Waals surface area contributed by atoms with Gasteiger partial charge in [0.2, 0.25) is 0 Å². The molecule has 0 bridgehead atoms. The molecule has 112 valence electrons. The summed E-state index contributed by atoms with van der Waals surface area (Å²) in [4.78, 5) is 0.0773. The van der Waals surface area contributed by atoms with E-state index < -0.39 is 0 Å². The van der Waals surface area contributed by atoms with Crippen LogP contribution in [0.3, 0.4) is 0 Å². The highest BCUT2D eigenvalue weighted by atomic mass is 79.9. The Balaban J connectivity index is 2.43. The Labute approximate surface area is 135 Å². The van der Waals surface area contributed by atoms with Crippen molar-refractivity contribution in [2.75, 3.05) is 13.7 Å². The fraction of sp³-hybridized carbons (Fsp3) is 0.333. The van der Waals surface area contributed by atoms with Gasteiger partial charge in [-0.15, -0.1) is 0 Å². The maximum Gasteiger partial charge on any atom is 0.123 e. The highest BCUT2D eigenvalue weighted by Crippen LogP contribution is 2.38. The monoisotopic (exact) mass is 348 g/mol. The van der Waals surface area contributed by atoms with Gasteiger partial charge < -0.3 is 9.47 Å². The second-order valence-electron chi connectivity index (χ2n) is 5.07. The number of aryl methyl sites for hydroxylation is 2. The molecular weight excluding hydrogens is 328 g/mol. The molecule has 0 saturated heterocycles. The van der Waals surface area contributed by atoms with E-state index in [-0.39, 0.29) is 4.83 Å². The summed E-state index contributed by atoms with van der Waals surface area (Å²) in [5.74, 6) is 1.83. The van der Waals surface area contributed by atoms with E-state index in [1.54, 1.807) is 7.11 Å². The fourth-order valence-electron chi connectivity index (χ4n) is 2.33. The first-order valence-corrected chi connectivity index (χ1v) is 8.00. The molecule has 0 aliphatic heterocycles. The van der Waals surface area contributed by atoms with Crippen LogP contribution in [0.15, 0.2) is 36.4 Å². The summed E-state index contributed by atoms with van der Waals surface area (Å²) in [7, 11) is 1.70. The first kappa shape index (κ1) is 15.9. The molecule has 2 rings (SSSR count). The molecule has 1 unspecified atom stereocenters. The van der Waals surface area contributed by atoms with E-state index in [2.05, 4.69) is 53.2 Å². The third-order valence-electron chi connectivity index (χ3n) is 3.46. The lowest BCUT2D eigenvalue weighted by Crippen LogP contribution is -2.01. The van der Waals surface area contributed by atoms with Crippen molar-refractivity contribution in [2.45, 2.75) is 25.6 Å². The number of hydrogen-bond donors (Lipinski definition) is 0. The summed E-state index contributed by atoms with van der Waals surface area (Å²) in [6.07, 6.45) is 0. The summed E-state index contributed by atoms with van der Waals surface area (Å²) in [6.45, 7) is 6.80. The van der Waals surface area contributed by atoms with E-state index >= 15 is 0 Å². The largest absolute Gasteiger partial charge is 0.496 e. The van der Waals surface area contributed by atoms with Gasteiger partial charge in [0.1, 0.15) is 11.5 Å². The average Bonchev–Trinajstić information content (AvgIpc) is 2.49. The fourth-order valence-corrected chi connectivity index (χ4v) is 2.97. The number of alkyl halides is 1. The minimum Gasteiger partial charge on any atom is -0.496 e. The summed E-state index contributed by atoms with van der Waals surface area (Å²) >= 11 is 3.80. The van der Waals surface area contributed by atoms with Gasteiger partial charge in [0.15, 0.2) is 0 Å². The maximum atomic E-state index is 5.75. The van der Waals surface area contributed by atoms with Gasteiger partial charge in [-0.25, -0.2) is 0 Å². The van der Waals surface area contributed by atoms with Crippen LogP contribution in [0.5, 0.6) is 11.5 Å². The van der Waals surface area contributed by atoms with Crippen molar-refractivity contribution >= 4 is 15.9 Å². The highest BCUT2D eigenvalue weighted by molar-refractivity contribution is 9.09. The van der Waals surface area contributed by atoms with Crippen molar-refractivity contribution in [3.05, 3.63) is 58.7 Å². The molecule has 0 aliphatic rings. The molecule has 0 heterocycles. The van der Waals surface area contributed by atoms with Crippen LogP contribution in [0.2, 0.25) is 0 Å². The third kappa shape index (κ3) is 3.59. The molecule has 2 aromatic carbocycles. The summed E-state index contributed by atoms with van der Waals surface area (Å²) in [5, 5.41) is 0. The van der Waals surface area contributed by atoms with Crippen LogP contribution in [0, 0.1) is 13.8 Å². The van der Waals surface area contributed by atoms with Crippen LogP contribution in [0.25, 0.3) is 0 Å². The van der Waals surface area contributed by atoms with Crippen molar-refractivity contribution in [3.8, 4) is 11.5 Å². The molecule has 21 heavy (non-hydrogen) atoms. The average molecular weight is 349 g/mol. The number of rotatable bonds is 5. The van der Waals surface area contributed by atoms with Crippen LogP contribution in [-0.2, 0) is 0 Å². The van der Waals surface area contributed by atoms with E-state index in [9.17, 15) is 0 Å². The van der Waals surface area contributed by atoms with Crippen LogP contribution in [0.1, 0.15) is 34.0 Å². The molecular formula is C18H21BrO2. The van der Waals surface area contributed by atoms with Gasteiger partial charge >= 0.3 is 0 Å². The lowest BCUT2D eigenvalue weighted by Gasteiger charge is -2.17. The highest BCUT2D eigenvalue weighted by Gasteiger charge is 2.17. The molecule has 0 fully saturated rings. The summed E-state index contributed by atoms with van der Waals surface area (Å²) < 4.78 is 11.2. The van der Waals surface area contributed by atoms with Gasteiger partial charge in [0, 0.05) is 5.56 Å². The Morgan fingerprint density at radius 3 is 2.48 bits per heavy atom. The number of ether oxygens (including phenoxy) is 2. The molecule has 0 amide bonds. The number of methoxy groups -OCH3 is 1. The zero-order valence-electron chi connectivity index (χ0n) is 12.9. The minimum absolute atomic E-state index is 0.0773.